The van der Waals surface area contributed by atoms with Crippen LogP contribution < -0.4 is 4.90 Å². The van der Waals surface area contributed by atoms with Gasteiger partial charge in [0.15, 0.2) is 0 Å². The summed E-state index contributed by atoms with van der Waals surface area (Å²) in [5.41, 5.74) is 2.77. The molecule has 4 atom stereocenters. The highest BCUT2D eigenvalue weighted by molar-refractivity contribution is 6.36. The Labute approximate surface area is 210 Å². The molecule has 2 fully saturated rings. The number of allylic oxidation sites excluding steroid dienone is 3. The Morgan fingerprint density at radius 3 is 1.72 bits per heavy atom. The van der Waals surface area contributed by atoms with Gasteiger partial charge in [0.05, 0.1) is 28.1 Å². The third-order valence-electron chi connectivity index (χ3n) is 7.34. The van der Waals surface area contributed by atoms with Crippen LogP contribution in [0, 0.1) is 23.7 Å². The number of rotatable bonds is 3. The predicted octanol–water partition coefficient (Wildman–Crippen LogP) is 6.78. The number of carbonyl (C=O) groups excluding carboxylic acids is 2. The maximum Gasteiger partial charge on any atom is 0.416 e. The number of alkyl halides is 3. The Morgan fingerprint density at radius 1 is 0.750 bits per heavy atom. The van der Waals surface area contributed by atoms with Crippen molar-refractivity contribution < 1.29 is 22.8 Å². The number of hydrogen-bond donors (Lipinski definition) is 0. The van der Waals surface area contributed by atoms with E-state index < -0.39 is 35.4 Å². The zero-order valence-electron chi connectivity index (χ0n) is 18.7. The Bertz CT molecular complexity index is 1370. The minimum absolute atomic E-state index is 0.0741. The molecule has 2 bridgehead atoms. The predicted molar refractivity (Wildman–Crippen MR) is 131 cm³/mol. The number of carbonyl (C=O) groups is 2. The van der Waals surface area contributed by atoms with Crippen LogP contribution in [0.15, 0.2) is 96.6 Å². The standard InChI is InChI=1S/C29H19ClF3NO2/c30-21-14-11-18(29(31,32)33)15-22(21)34-27(35)25-19-12-13-20(26(25)28(34)36)24(19)23(16-7-3-1-4-8-16)17-9-5-2-6-10-17/h1-15,19-20,25-26H/t19-,20-,25-,26-/m1/s1. The first-order valence-electron chi connectivity index (χ1n) is 11.5. The number of hydrogen-bond acceptors (Lipinski definition) is 2. The van der Waals surface area contributed by atoms with Crippen LogP contribution in [-0.2, 0) is 15.8 Å². The lowest BCUT2D eigenvalue weighted by atomic mass is 9.85. The summed E-state index contributed by atoms with van der Waals surface area (Å²) in [6.07, 6.45) is -0.720. The van der Waals surface area contributed by atoms with Crippen molar-refractivity contribution in [3.63, 3.8) is 0 Å². The molecular formula is C29H19ClF3NO2. The smallest absolute Gasteiger partial charge is 0.274 e. The third-order valence-corrected chi connectivity index (χ3v) is 7.66. The van der Waals surface area contributed by atoms with Gasteiger partial charge in [0, 0.05) is 11.8 Å². The first kappa shape index (κ1) is 22.8. The van der Waals surface area contributed by atoms with Crippen molar-refractivity contribution in [2.24, 2.45) is 23.7 Å². The average Bonchev–Trinajstić information content (AvgIpc) is 3.50. The summed E-state index contributed by atoms with van der Waals surface area (Å²) in [4.78, 5) is 28.2. The molecule has 0 spiro atoms. The van der Waals surface area contributed by atoms with Gasteiger partial charge < -0.3 is 0 Å². The molecule has 2 amide bonds. The summed E-state index contributed by atoms with van der Waals surface area (Å²) in [6.45, 7) is 0. The number of amides is 2. The van der Waals surface area contributed by atoms with E-state index in [0.29, 0.717) is 0 Å². The highest BCUT2D eigenvalue weighted by atomic mass is 35.5. The maximum atomic E-state index is 13.7. The van der Waals surface area contributed by atoms with E-state index in [1.165, 1.54) is 0 Å². The molecule has 3 aliphatic rings. The normalized spacial score (nSPS) is 24.6. The quantitative estimate of drug-likeness (QED) is 0.290. The van der Waals surface area contributed by atoms with Gasteiger partial charge in [-0.25, -0.2) is 4.90 Å². The summed E-state index contributed by atoms with van der Waals surface area (Å²) < 4.78 is 40.1. The molecule has 36 heavy (non-hydrogen) atoms. The van der Waals surface area contributed by atoms with Crippen molar-refractivity contribution in [2.75, 3.05) is 4.90 Å². The monoisotopic (exact) mass is 505 g/mol. The number of imide groups is 1. The summed E-state index contributed by atoms with van der Waals surface area (Å²) in [5.74, 6) is -3.06. The molecule has 0 radical (unpaired) electrons. The van der Waals surface area contributed by atoms with Gasteiger partial charge >= 0.3 is 6.18 Å². The zero-order valence-corrected chi connectivity index (χ0v) is 19.5. The molecule has 3 aromatic carbocycles. The lowest BCUT2D eigenvalue weighted by molar-refractivity contribution is -0.137. The van der Waals surface area contributed by atoms with Crippen LogP contribution >= 0.6 is 11.6 Å². The van der Waals surface area contributed by atoms with E-state index in [0.717, 1.165) is 45.4 Å². The van der Waals surface area contributed by atoms with Gasteiger partial charge in [-0.1, -0.05) is 84.4 Å². The van der Waals surface area contributed by atoms with Crippen LogP contribution in [0.4, 0.5) is 18.9 Å². The fourth-order valence-electron chi connectivity index (χ4n) is 5.90. The fourth-order valence-corrected chi connectivity index (χ4v) is 6.11. The van der Waals surface area contributed by atoms with E-state index in [1.54, 1.807) is 0 Å². The van der Waals surface area contributed by atoms with Crippen LogP contribution in [0.1, 0.15) is 16.7 Å². The number of anilines is 1. The van der Waals surface area contributed by atoms with E-state index in [1.807, 2.05) is 72.8 Å². The zero-order chi connectivity index (χ0) is 25.2. The van der Waals surface area contributed by atoms with Gasteiger partial charge in [0.1, 0.15) is 0 Å². The lowest BCUT2D eigenvalue weighted by Gasteiger charge is -2.23. The van der Waals surface area contributed by atoms with Crippen molar-refractivity contribution in [2.45, 2.75) is 6.18 Å². The van der Waals surface area contributed by atoms with Crippen molar-refractivity contribution in [1.82, 2.24) is 0 Å². The van der Waals surface area contributed by atoms with E-state index in [2.05, 4.69) is 0 Å². The molecule has 1 saturated heterocycles. The largest absolute Gasteiger partial charge is 0.416 e. The molecule has 0 N–H and O–H groups in total. The molecule has 0 aromatic heterocycles. The molecule has 0 unspecified atom stereocenters. The Morgan fingerprint density at radius 2 is 1.25 bits per heavy atom. The second-order valence-corrected chi connectivity index (χ2v) is 9.63. The van der Waals surface area contributed by atoms with Gasteiger partial charge in [0.2, 0.25) is 11.8 Å². The minimum atomic E-state index is -4.63. The molecule has 2 aliphatic carbocycles. The first-order chi connectivity index (χ1) is 17.3. The Hall–Kier alpha value is -3.64. The van der Waals surface area contributed by atoms with Gasteiger partial charge in [-0.05, 0) is 40.5 Å². The Balaban J connectivity index is 1.47. The van der Waals surface area contributed by atoms with E-state index in [9.17, 15) is 22.8 Å². The summed E-state index contributed by atoms with van der Waals surface area (Å²) in [6, 6.07) is 22.3. The van der Waals surface area contributed by atoms with Crippen LogP contribution in [-0.4, -0.2) is 11.8 Å². The van der Waals surface area contributed by atoms with Crippen molar-refractivity contribution in [3.05, 3.63) is 118 Å². The molecule has 1 aliphatic heterocycles. The van der Waals surface area contributed by atoms with Gasteiger partial charge in [-0.15, -0.1) is 0 Å². The van der Waals surface area contributed by atoms with Crippen molar-refractivity contribution in [3.8, 4) is 0 Å². The molecule has 7 heteroatoms. The van der Waals surface area contributed by atoms with Crippen LogP contribution in [0.2, 0.25) is 5.02 Å². The van der Waals surface area contributed by atoms with Crippen molar-refractivity contribution in [1.29, 1.82) is 0 Å². The third kappa shape index (κ3) is 3.35. The van der Waals surface area contributed by atoms with E-state index in [4.69, 9.17) is 11.6 Å². The first-order valence-corrected chi connectivity index (χ1v) is 11.9. The SMILES string of the molecule is O=C1[C@H]2[C@H](C(=O)N1c1cc(C(F)(F)F)ccc1Cl)[C@@H]1C=C[C@@H]2C1=C(c1ccccc1)c1ccccc1. The van der Waals surface area contributed by atoms with Gasteiger partial charge in [-0.2, -0.15) is 13.2 Å². The fraction of sp³-hybridized carbons (Fsp3) is 0.172. The number of nitrogens with zero attached hydrogens (tertiary/aromatic N) is 1. The summed E-state index contributed by atoms with van der Waals surface area (Å²) in [7, 11) is 0. The molecule has 3 nitrogen and oxygen atoms in total. The number of fused-ring (bicyclic) bond motifs is 5. The van der Waals surface area contributed by atoms with Crippen LogP contribution in [0.25, 0.3) is 5.57 Å². The summed E-state index contributed by atoms with van der Waals surface area (Å²) in [5, 5.41) is -0.0741. The van der Waals surface area contributed by atoms with Crippen LogP contribution in [0.5, 0.6) is 0 Å². The highest BCUT2D eigenvalue weighted by Gasteiger charge is 2.62. The molecule has 6 rings (SSSR count). The second-order valence-electron chi connectivity index (χ2n) is 9.23. The second kappa shape index (κ2) is 8.20. The lowest BCUT2D eigenvalue weighted by Crippen LogP contribution is -2.33. The van der Waals surface area contributed by atoms with E-state index >= 15 is 0 Å². The number of halogens is 4. The average molecular weight is 506 g/mol. The number of benzene rings is 3. The highest BCUT2D eigenvalue weighted by Crippen LogP contribution is 2.59. The maximum absolute atomic E-state index is 13.7. The van der Waals surface area contributed by atoms with Crippen molar-refractivity contribution >= 4 is 34.7 Å². The van der Waals surface area contributed by atoms with Gasteiger partial charge in [-0.3, -0.25) is 9.59 Å². The minimum Gasteiger partial charge on any atom is -0.274 e. The topological polar surface area (TPSA) is 37.4 Å². The van der Waals surface area contributed by atoms with Crippen LogP contribution in [0.3, 0.4) is 0 Å². The molecule has 1 heterocycles. The molecular weight excluding hydrogens is 487 g/mol. The Kier molecular flexibility index (Phi) is 5.20. The van der Waals surface area contributed by atoms with E-state index in [-0.39, 0.29) is 22.5 Å². The van der Waals surface area contributed by atoms with Gasteiger partial charge in [0.25, 0.3) is 0 Å². The molecule has 1 saturated carbocycles. The molecule has 3 aromatic rings. The molecule has 180 valence electrons. The summed E-state index contributed by atoms with van der Waals surface area (Å²) >= 11 is 6.20.